The number of hydrogen-bond donors (Lipinski definition) is 2. The van der Waals surface area contributed by atoms with Crippen LogP contribution in [0.3, 0.4) is 0 Å². The fourth-order valence-electron chi connectivity index (χ4n) is 3.65. The Morgan fingerprint density at radius 3 is 2.90 bits per heavy atom. The Morgan fingerprint density at radius 1 is 1.35 bits per heavy atom. The molecule has 2 aliphatic rings. The van der Waals surface area contributed by atoms with E-state index in [1.165, 1.54) is 36.9 Å². The molecule has 0 radical (unpaired) electrons. The van der Waals surface area contributed by atoms with E-state index in [1.54, 1.807) is 0 Å². The number of hydrogen-bond acceptors (Lipinski definition) is 2. The van der Waals surface area contributed by atoms with Crippen molar-refractivity contribution in [3.8, 4) is 0 Å². The first kappa shape index (κ1) is 13.5. The van der Waals surface area contributed by atoms with Crippen molar-refractivity contribution in [2.45, 2.75) is 51.0 Å². The topological polar surface area (TPSA) is 41.1 Å². The third kappa shape index (κ3) is 2.82. The first-order valence-electron chi connectivity index (χ1n) is 7.86. The van der Waals surface area contributed by atoms with Crippen LogP contribution in [-0.4, -0.2) is 18.5 Å². The third-order valence-corrected chi connectivity index (χ3v) is 4.87. The predicted molar refractivity (Wildman–Crippen MR) is 81.9 cm³/mol. The maximum Gasteiger partial charge on any atom is 0.220 e. The molecule has 1 fully saturated rings. The van der Waals surface area contributed by atoms with Crippen LogP contribution in [0.2, 0.25) is 0 Å². The van der Waals surface area contributed by atoms with Crippen molar-refractivity contribution < 1.29 is 4.79 Å². The Hall–Kier alpha value is -1.51. The molecule has 1 saturated carbocycles. The molecule has 1 unspecified atom stereocenters. The molecule has 1 amide bonds. The summed E-state index contributed by atoms with van der Waals surface area (Å²) in [5, 5.41) is 6.60. The lowest BCUT2D eigenvalue weighted by Gasteiger charge is -2.21. The summed E-state index contributed by atoms with van der Waals surface area (Å²) in [7, 11) is 0. The predicted octanol–water partition coefficient (Wildman–Crippen LogP) is 3.28. The standard InChI is InChI=1S/C17H24N2O/c1-12(13-6-2-3-7-13)19-17(20)10-14-11-18-16-9-5-4-8-15(14)16/h4-5,8-9,12-14,18H,2-3,6-7,10-11H2,1H3,(H,19,20)/t12-,14?/m0/s1. The van der Waals surface area contributed by atoms with E-state index in [-0.39, 0.29) is 5.91 Å². The summed E-state index contributed by atoms with van der Waals surface area (Å²) in [6, 6.07) is 8.64. The number of rotatable bonds is 4. The molecule has 1 aliphatic carbocycles. The maximum absolute atomic E-state index is 12.2. The monoisotopic (exact) mass is 272 g/mol. The minimum atomic E-state index is 0.202. The molecule has 0 spiro atoms. The average Bonchev–Trinajstić information content (AvgIpc) is 3.09. The highest BCUT2D eigenvalue weighted by atomic mass is 16.1. The van der Waals surface area contributed by atoms with Crippen molar-refractivity contribution in [2.75, 3.05) is 11.9 Å². The molecule has 1 heterocycles. The highest BCUT2D eigenvalue weighted by molar-refractivity contribution is 5.78. The Balaban J connectivity index is 1.54. The smallest absolute Gasteiger partial charge is 0.220 e. The van der Waals surface area contributed by atoms with E-state index >= 15 is 0 Å². The summed E-state index contributed by atoms with van der Waals surface area (Å²) in [5.41, 5.74) is 2.48. The second-order valence-corrected chi connectivity index (χ2v) is 6.27. The lowest BCUT2D eigenvalue weighted by atomic mass is 9.96. The molecular weight excluding hydrogens is 248 g/mol. The van der Waals surface area contributed by atoms with Gasteiger partial charge in [0.1, 0.15) is 0 Å². The number of benzene rings is 1. The van der Waals surface area contributed by atoms with E-state index in [1.807, 2.05) is 6.07 Å². The van der Waals surface area contributed by atoms with Gasteiger partial charge < -0.3 is 10.6 Å². The van der Waals surface area contributed by atoms with E-state index < -0.39 is 0 Å². The lowest BCUT2D eigenvalue weighted by molar-refractivity contribution is -0.122. The van der Waals surface area contributed by atoms with Crippen LogP contribution in [0.4, 0.5) is 5.69 Å². The van der Waals surface area contributed by atoms with Crippen LogP contribution in [0.5, 0.6) is 0 Å². The zero-order valence-electron chi connectivity index (χ0n) is 12.2. The van der Waals surface area contributed by atoms with Crippen molar-refractivity contribution in [3.63, 3.8) is 0 Å². The fraction of sp³-hybridized carbons (Fsp3) is 0.588. The summed E-state index contributed by atoms with van der Waals surface area (Å²) < 4.78 is 0. The molecule has 1 aromatic rings. The summed E-state index contributed by atoms with van der Waals surface area (Å²) in [5.74, 6) is 1.21. The van der Waals surface area contributed by atoms with Crippen LogP contribution in [0, 0.1) is 5.92 Å². The quantitative estimate of drug-likeness (QED) is 0.883. The Morgan fingerprint density at radius 2 is 2.10 bits per heavy atom. The Labute approximate surface area is 121 Å². The van der Waals surface area contributed by atoms with Gasteiger partial charge in [0.25, 0.3) is 0 Å². The Bertz CT molecular complexity index is 480. The van der Waals surface area contributed by atoms with Gasteiger partial charge in [-0.25, -0.2) is 0 Å². The van der Waals surface area contributed by atoms with E-state index in [2.05, 4.69) is 35.8 Å². The van der Waals surface area contributed by atoms with Crippen LogP contribution < -0.4 is 10.6 Å². The number of carbonyl (C=O) groups is 1. The molecule has 108 valence electrons. The zero-order chi connectivity index (χ0) is 13.9. The van der Waals surface area contributed by atoms with Crippen molar-refractivity contribution in [1.29, 1.82) is 0 Å². The van der Waals surface area contributed by atoms with E-state index in [0.717, 1.165) is 6.54 Å². The largest absolute Gasteiger partial charge is 0.384 e. The first-order valence-corrected chi connectivity index (χ1v) is 7.86. The van der Waals surface area contributed by atoms with Gasteiger partial charge >= 0.3 is 0 Å². The molecule has 2 atom stereocenters. The molecule has 2 N–H and O–H groups in total. The lowest BCUT2D eigenvalue weighted by Crippen LogP contribution is -2.37. The second-order valence-electron chi connectivity index (χ2n) is 6.27. The normalized spacial score (nSPS) is 23.1. The van der Waals surface area contributed by atoms with Crippen LogP contribution in [-0.2, 0) is 4.79 Å². The minimum absolute atomic E-state index is 0.202. The number of anilines is 1. The molecule has 3 heteroatoms. The molecule has 3 nitrogen and oxygen atoms in total. The van der Waals surface area contributed by atoms with Crippen molar-refractivity contribution in [3.05, 3.63) is 29.8 Å². The van der Waals surface area contributed by atoms with Crippen molar-refractivity contribution >= 4 is 11.6 Å². The van der Waals surface area contributed by atoms with Gasteiger partial charge in [-0.2, -0.15) is 0 Å². The molecule has 1 aromatic carbocycles. The molecule has 3 rings (SSSR count). The van der Waals surface area contributed by atoms with Gasteiger partial charge in [0.2, 0.25) is 5.91 Å². The number of para-hydroxylation sites is 1. The van der Waals surface area contributed by atoms with Crippen LogP contribution in [0.25, 0.3) is 0 Å². The summed E-state index contributed by atoms with van der Waals surface area (Å²) in [4.78, 5) is 12.2. The number of nitrogens with one attached hydrogen (secondary N) is 2. The Kier molecular flexibility index (Phi) is 3.95. The molecule has 1 aliphatic heterocycles. The highest BCUT2D eigenvalue weighted by Crippen LogP contribution is 2.33. The summed E-state index contributed by atoms with van der Waals surface area (Å²) in [6.45, 7) is 3.04. The van der Waals surface area contributed by atoms with Gasteiger partial charge in [0.05, 0.1) is 0 Å². The average molecular weight is 272 g/mol. The molecule has 20 heavy (non-hydrogen) atoms. The van der Waals surface area contributed by atoms with Crippen molar-refractivity contribution in [2.24, 2.45) is 5.92 Å². The summed E-state index contributed by atoms with van der Waals surface area (Å²) in [6.07, 6.45) is 5.79. The molecule has 0 bridgehead atoms. The number of amides is 1. The first-order chi connectivity index (χ1) is 9.74. The zero-order valence-corrected chi connectivity index (χ0v) is 12.2. The van der Waals surface area contributed by atoms with E-state index in [4.69, 9.17) is 0 Å². The molecule has 0 aromatic heterocycles. The SMILES string of the molecule is C[C@H](NC(=O)CC1CNc2ccccc21)C1CCCC1. The number of fused-ring (bicyclic) bond motifs is 1. The van der Waals surface area contributed by atoms with Gasteiger partial charge in [-0.15, -0.1) is 0 Å². The van der Waals surface area contributed by atoms with Gasteiger partial charge in [-0.3, -0.25) is 4.79 Å². The minimum Gasteiger partial charge on any atom is -0.384 e. The van der Waals surface area contributed by atoms with E-state index in [0.29, 0.717) is 24.3 Å². The highest BCUT2D eigenvalue weighted by Gasteiger charge is 2.26. The maximum atomic E-state index is 12.2. The van der Waals surface area contributed by atoms with E-state index in [9.17, 15) is 4.79 Å². The van der Waals surface area contributed by atoms with Gasteiger partial charge in [0.15, 0.2) is 0 Å². The van der Waals surface area contributed by atoms with Gasteiger partial charge in [0, 0.05) is 30.6 Å². The number of carbonyl (C=O) groups excluding carboxylic acids is 1. The van der Waals surface area contributed by atoms with Crippen LogP contribution >= 0.6 is 0 Å². The molecular formula is C17H24N2O. The third-order valence-electron chi connectivity index (χ3n) is 4.87. The second kappa shape index (κ2) is 5.86. The van der Waals surface area contributed by atoms with Crippen LogP contribution in [0.15, 0.2) is 24.3 Å². The molecule has 0 saturated heterocycles. The van der Waals surface area contributed by atoms with Gasteiger partial charge in [-0.05, 0) is 37.3 Å². The van der Waals surface area contributed by atoms with Gasteiger partial charge in [-0.1, -0.05) is 31.0 Å². The van der Waals surface area contributed by atoms with Crippen LogP contribution in [0.1, 0.15) is 50.5 Å². The summed E-state index contributed by atoms with van der Waals surface area (Å²) >= 11 is 0. The fourth-order valence-corrected chi connectivity index (χ4v) is 3.65. The van der Waals surface area contributed by atoms with Crippen molar-refractivity contribution in [1.82, 2.24) is 5.32 Å².